The van der Waals surface area contributed by atoms with E-state index < -0.39 is 0 Å². The molecule has 1 aliphatic carbocycles. The van der Waals surface area contributed by atoms with Gasteiger partial charge in [-0.15, -0.1) is 0 Å². The van der Waals surface area contributed by atoms with Crippen molar-refractivity contribution in [3.8, 4) is 5.69 Å². The van der Waals surface area contributed by atoms with Crippen LogP contribution in [0.2, 0.25) is 0 Å². The van der Waals surface area contributed by atoms with Crippen LogP contribution in [0.5, 0.6) is 0 Å². The van der Waals surface area contributed by atoms with Crippen LogP contribution < -0.4 is 5.32 Å². The smallest absolute Gasteiger partial charge is 0.251 e. The number of hydrogen-bond acceptors (Lipinski definition) is 4. The fourth-order valence-corrected chi connectivity index (χ4v) is 3.52. The number of nitrogens with zero attached hydrogens (tertiary/aromatic N) is 2. The largest absolute Gasteiger partial charge is 0.393 e. The van der Waals surface area contributed by atoms with Gasteiger partial charge in [-0.05, 0) is 43.4 Å². The normalized spacial score (nSPS) is 20.6. The number of aromatic nitrogens is 2. The zero-order valence-electron chi connectivity index (χ0n) is 13.1. The summed E-state index contributed by atoms with van der Waals surface area (Å²) < 4.78 is 1.99. The topological polar surface area (TPSA) is 67.2 Å². The van der Waals surface area contributed by atoms with E-state index >= 15 is 0 Å². The first-order valence-corrected chi connectivity index (χ1v) is 9.05. The van der Waals surface area contributed by atoms with Crippen LogP contribution in [0.1, 0.15) is 29.6 Å². The summed E-state index contributed by atoms with van der Waals surface area (Å²) in [6.45, 7) is 0.542. The molecule has 1 heterocycles. The summed E-state index contributed by atoms with van der Waals surface area (Å²) >= 11 is 1.58. The number of aliphatic hydroxyl groups is 1. The molecule has 2 aromatic rings. The van der Waals surface area contributed by atoms with Crippen molar-refractivity contribution in [2.75, 3.05) is 12.8 Å². The Bertz CT molecular complexity index is 669. The van der Waals surface area contributed by atoms with Gasteiger partial charge in [0.1, 0.15) is 0 Å². The monoisotopic (exact) mass is 331 g/mol. The van der Waals surface area contributed by atoms with Gasteiger partial charge in [0, 0.05) is 36.1 Å². The van der Waals surface area contributed by atoms with Gasteiger partial charge in [-0.25, -0.2) is 4.98 Å². The molecule has 1 aromatic carbocycles. The van der Waals surface area contributed by atoms with Gasteiger partial charge in [0.25, 0.3) is 5.91 Å². The van der Waals surface area contributed by atoms with E-state index in [1.807, 2.05) is 41.3 Å². The van der Waals surface area contributed by atoms with E-state index in [4.69, 9.17) is 0 Å². The number of nitrogens with one attached hydrogen (secondary N) is 1. The molecule has 3 rings (SSSR count). The van der Waals surface area contributed by atoms with Crippen molar-refractivity contribution in [3.05, 3.63) is 42.2 Å². The zero-order valence-corrected chi connectivity index (χ0v) is 13.9. The molecule has 1 aromatic heterocycles. The van der Waals surface area contributed by atoms with E-state index in [9.17, 15) is 9.90 Å². The lowest BCUT2D eigenvalue weighted by atomic mass is 10.1. The Morgan fingerprint density at radius 1 is 1.39 bits per heavy atom. The lowest BCUT2D eigenvalue weighted by Gasteiger charge is -2.15. The number of amides is 1. The number of benzene rings is 1. The Labute approximate surface area is 140 Å². The second-order valence-corrected chi connectivity index (χ2v) is 6.57. The van der Waals surface area contributed by atoms with Gasteiger partial charge in [-0.2, -0.15) is 0 Å². The number of hydrogen-bond donors (Lipinski definition) is 2. The van der Waals surface area contributed by atoms with Crippen LogP contribution in [-0.2, 0) is 0 Å². The average molecular weight is 331 g/mol. The molecule has 23 heavy (non-hydrogen) atoms. The minimum absolute atomic E-state index is 0.0913. The average Bonchev–Trinajstić information content (AvgIpc) is 3.21. The van der Waals surface area contributed by atoms with E-state index in [2.05, 4.69) is 10.3 Å². The molecule has 2 atom stereocenters. The van der Waals surface area contributed by atoms with Crippen LogP contribution in [0.3, 0.4) is 0 Å². The predicted molar refractivity (Wildman–Crippen MR) is 91.0 cm³/mol. The summed E-state index contributed by atoms with van der Waals surface area (Å²) in [5, 5.41) is 13.6. The highest BCUT2D eigenvalue weighted by molar-refractivity contribution is 7.98. The molecule has 2 unspecified atom stereocenters. The number of rotatable bonds is 5. The fraction of sp³-hybridized carbons (Fsp3) is 0.412. The number of carbonyl (C=O) groups is 1. The summed E-state index contributed by atoms with van der Waals surface area (Å²) in [7, 11) is 0. The zero-order chi connectivity index (χ0) is 16.2. The highest BCUT2D eigenvalue weighted by atomic mass is 32.2. The summed E-state index contributed by atoms with van der Waals surface area (Å²) in [6, 6.07) is 7.47. The quantitative estimate of drug-likeness (QED) is 0.826. The fourth-order valence-electron chi connectivity index (χ4n) is 2.99. The van der Waals surface area contributed by atoms with Gasteiger partial charge in [0.15, 0.2) is 5.16 Å². The molecule has 0 bridgehead atoms. The second-order valence-electron chi connectivity index (χ2n) is 5.80. The standard InChI is InChI=1S/C17H21N3O2S/c1-23-17-18-9-10-20(17)14-7-5-12(6-8-14)16(22)19-11-13-3-2-4-15(13)21/h5-10,13,15,21H,2-4,11H2,1H3,(H,19,22). The highest BCUT2D eigenvalue weighted by Gasteiger charge is 2.25. The van der Waals surface area contributed by atoms with E-state index in [1.165, 1.54) is 0 Å². The maximum atomic E-state index is 12.2. The minimum Gasteiger partial charge on any atom is -0.393 e. The first-order valence-electron chi connectivity index (χ1n) is 7.83. The molecule has 0 spiro atoms. The molecule has 1 fully saturated rings. The maximum absolute atomic E-state index is 12.2. The van der Waals surface area contributed by atoms with Gasteiger partial charge in [0.2, 0.25) is 0 Å². The number of carbonyl (C=O) groups excluding carboxylic acids is 1. The van der Waals surface area contributed by atoms with E-state index in [0.717, 1.165) is 30.1 Å². The summed E-state index contributed by atoms with van der Waals surface area (Å²) in [5.74, 6) is 0.0969. The first-order chi connectivity index (χ1) is 11.2. The molecule has 0 aliphatic heterocycles. The molecule has 1 aliphatic rings. The van der Waals surface area contributed by atoms with Gasteiger partial charge in [0.05, 0.1) is 6.10 Å². The molecule has 122 valence electrons. The molecule has 1 amide bonds. The Kier molecular flexibility index (Phi) is 5.03. The Morgan fingerprint density at radius 3 is 2.83 bits per heavy atom. The summed E-state index contributed by atoms with van der Waals surface area (Å²) in [4.78, 5) is 16.5. The summed E-state index contributed by atoms with van der Waals surface area (Å²) in [5.41, 5.74) is 1.61. The molecule has 6 heteroatoms. The Hall–Kier alpha value is -1.79. The number of imidazole rings is 1. The third-order valence-electron chi connectivity index (χ3n) is 4.34. The first kappa shape index (κ1) is 16.1. The van der Waals surface area contributed by atoms with E-state index in [1.54, 1.807) is 18.0 Å². The second kappa shape index (κ2) is 7.19. The van der Waals surface area contributed by atoms with E-state index in [0.29, 0.717) is 12.1 Å². The van der Waals surface area contributed by atoms with Crippen LogP contribution in [0, 0.1) is 5.92 Å². The molecular weight excluding hydrogens is 310 g/mol. The Morgan fingerprint density at radius 2 is 2.17 bits per heavy atom. The predicted octanol–water partition coefficient (Wildman–Crippen LogP) is 2.49. The number of aliphatic hydroxyl groups excluding tert-OH is 1. The van der Waals surface area contributed by atoms with Crippen molar-refractivity contribution in [1.82, 2.24) is 14.9 Å². The molecule has 0 saturated heterocycles. The Balaban J connectivity index is 1.63. The van der Waals surface area contributed by atoms with Crippen LogP contribution in [0.4, 0.5) is 0 Å². The maximum Gasteiger partial charge on any atom is 0.251 e. The van der Waals surface area contributed by atoms with E-state index in [-0.39, 0.29) is 17.9 Å². The van der Waals surface area contributed by atoms with Gasteiger partial charge < -0.3 is 10.4 Å². The lowest BCUT2D eigenvalue weighted by molar-refractivity contribution is 0.0917. The third kappa shape index (κ3) is 3.59. The van der Waals surface area contributed by atoms with Gasteiger partial charge in [-0.3, -0.25) is 9.36 Å². The van der Waals surface area contributed by atoms with Crippen molar-refractivity contribution in [1.29, 1.82) is 0 Å². The van der Waals surface area contributed by atoms with Crippen molar-refractivity contribution in [3.63, 3.8) is 0 Å². The number of thioether (sulfide) groups is 1. The van der Waals surface area contributed by atoms with Crippen molar-refractivity contribution in [2.24, 2.45) is 5.92 Å². The lowest BCUT2D eigenvalue weighted by Crippen LogP contribution is -2.32. The SMILES string of the molecule is CSc1nccn1-c1ccc(C(=O)NCC2CCCC2O)cc1. The molecule has 5 nitrogen and oxygen atoms in total. The molecule has 0 radical (unpaired) electrons. The van der Waals surface area contributed by atoms with Crippen LogP contribution in [0.25, 0.3) is 5.69 Å². The van der Waals surface area contributed by atoms with Crippen LogP contribution in [-0.4, -0.2) is 39.5 Å². The van der Waals surface area contributed by atoms with Crippen molar-refractivity contribution < 1.29 is 9.90 Å². The highest BCUT2D eigenvalue weighted by Crippen LogP contribution is 2.24. The third-order valence-corrected chi connectivity index (χ3v) is 5.01. The van der Waals surface area contributed by atoms with Gasteiger partial charge in [-0.1, -0.05) is 18.2 Å². The van der Waals surface area contributed by atoms with Crippen LogP contribution >= 0.6 is 11.8 Å². The van der Waals surface area contributed by atoms with Crippen LogP contribution in [0.15, 0.2) is 41.8 Å². The van der Waals surface area contributed by atoms with Crippen molar-refractivity contribution >= 4 is 17.7 Å². The molecular formula is C17H21N3O2S. The molecule has 2 N–H and O–H groups in total. The summed E-state index contributed by atoms with van der Waals surface area (Å²) in [6.07, 6.45) is 8.25. The van der Waals surface area contributed by atoms with Crippen molar-refractivity contribution in [2.45, 2.75) is 30.5 Å². The van der Waals surface area contributed by atoms with Gasteiger partial charge >= 0.3 is 0 Å². The molecule has 1 saturated carbocycles. The minimum atomic E-state index is -0.274.